The van der Waals surface area contributed by atoms with Gasteiger partial charge in [0.15, 0.2) is 5.82 Å². The van der Waals surface area contributed by atoms with Crippen LogP contribution in [0, 0.1) is 0 Å². The number of ether oxygens (including phenoxy) is 1. The number of hydrogen-bond acceptors (Lipinski definition) is 4. The summed E-state index contributed by atoms with van der Waals surface area (Å²) < 4.78 is 5.53. The number of benzene rings is 1. The van der Waals surface area contributed by atoms with Gasteiger partial charge in [-0.25, -0.2) is 4.98 Å². The molecule has 1 aliphatic heterocycles. The Morgan fingerprint density at radius 2 is 2.28 bits per heavy atom. The first kappa shape index (κ1) is 11.1. The van der Waals surface area contributed by atoms with Gasteiger partial charge in [0, 0.05) is 5.56 Å². The van der Waals surface area contributed by atoms with Gasteiger partial charge in [-0.3, -0.25) is 4.79 Å². The summed E-state index contributed by atoms with van der Waals surface area (Å²) >= 11 is 5.89. The third-order valence-electron chi connectivity index (χ3n) is 2.81. The summed E-state index contributed by atoms with van der Waals surface area (Å²) in [5.74, 6) is 1.21. The third-order valence-corrected chi connectivity index (χ3v) is 3.16. The molecule has 1 unspecified atom stereocenters. The van der Waals surface area contributed by atoms with E-state index in [0.717, 1.165) is 11.3 Å². The van der Waals surface area contributed by atoms with Gasteiger partial charge in [0.1, 0.15) is 17.4 Å². The minimum absolute atomic E-state index is 0.0481. The highest BCUT2D eigenvalue weighted by molar-refractivity contribution is 6.32. The highest BCUT2D eigenvalue weighted by atomic mass is 35.5. The van der Waals surface area contributed by atoms with Crippen LogP contribution in [0.25, 0.3) is 0 Å². The number of H-pyrrole nitrogens is 1. The summed E-state index contributed by atoms with van der Waals surface area (Å²) in [4.78, 5) is 17.8. The molecule has 0 saturated heterocycles. The average molecular weight is 264 g/mol. The quantitative estimate of drug-likeness (QED) is 0.869. The number of fused-ring (bicyclic) bond motifs is 1. The smallest absolute Gasteiger partial charge is 0.271 e. The van der Waals surface area contributed by atoms with Crippen molar-refractivity contribution < 1.29 is 4.74 Å². The molecule has 2 heterocycles. The van der Waals surface area contributed by atoms with Gasteiger partial charge in [-0.2, -0.15) is 0 Å². The maximum absolute atomic E-state index is 11.4. The first-order chi connectivity index (χ1) is 8.75. The second-order valence-corrected chi connectivity index (χ2v) is 4.32. The number of aromatic amines is 1. The number of para-hydroxylation sites is 1. The van der Waals surface area contributed by atoms with Crippen molar-refractivity contribution >= 4 is 17.4 Å². The number of nitrogens with zero attached hydrogens (tertiary/aromatic N) is 1. The van der Waals surface area contributed by atoms with Crippen LogP contribution in [0.2, 0.25) is 5.02 Å². The molecule has 0 amide bonds. The van der Waals surface area contributed by atoms with E-state index in [-0.39, 0.29) is 16.6 Å². The Morgan fingerprint density at radius 1 is 1.44 bits per heavy atom. The van der Waals surface area contributed by atoms with E-state index in [1.54, 1.807) is 0 Å². The predicted octanol–water partition coefficient (Wildman–Crippen LogP) is 1.97. The number of rotatable bonds is 2. The molecule has 0 spiro atoms. The highest BCUT2D eigenvalue weighted by Crippen LogP contribution is 2.34. The summed E-state index contributed by atoms with van der Waals surface area (Å²) in [5.41, 5.74) is 0.678. The zero-order valence-corrected chi connectivity index (χ0v) is 10.1. The van der Waals surface area contributed by atoms with Crippen molar-refractivity contribution in [3.05, 3.63) is 51.5 Å². The molecule has 5 nitrogen and oxygen atoms in total. The van der Waals surface area contributed by atoms with Crippen LogP contribution in [0.5, 0.6) is 5.75 Å². The van der Waals surface area contributed by atoms with Crippen molar-refractivity contribution in [2.75, 3.05) is 11.9 Å². The molecule has 1 aromatic heterocycles. The Hall–Kier alpha value is -2.01. The number of hydrogen-bond donors (Lipinski definition) is 2. The fraction of sp³-hybridized carbons (Fsp3) is 0.167. The van der Waals surface area contributed by atoms with Gasteiger partial charge in [-0.05, 0) is 6.07 Å². The van der Waals surface area contributed by atoms with Crippen LogP contribution in [0.3, 0.4) is 0 Å². The molecular weight excluding hydrogens is 254 g/mol. The third kappa shape index (κ3) is 1.82. The zero-order valence-electron chi connectivity index (χ0n) is 9.31. The lowest BCUT2D eigenvalue weighted by Gasteiger charge is -2.12. The maximum Gasteiger partial charge on any atom is 0.271 e. The Bertz CT molecular complexity index is 641. The van der Waals surface area contributed by atoms with E-state index >= 15 is 0 Å². The molecule has 0 bridgehead atoms. The molecule has 0 radical (unpaired) electrons. The molecule has 2 aromatic rings. The Morgan fingerprint density at radius 3 is 3.17 bits per heavy atom. The minimum atomic E-state index is -0.360. The molecule has 0 saturated carbocycles. The molecule has 1 aromatic carbocycles. The lowest BCUT2D eigenvalue weighted by atomic mass is 10.1. The second kappa shape index (κ2) is 4.34. The van der Waals surface area contributed by atoms with Gasteiger partial charge in [-0.1, -0.05) is 29.8 Å². The van der Waals surface area contributed by atoms with E-state index in [4.69, 9.17) is 16.3 Å². The zero-order chi connectivity index (χ0) is 12.5. The standard InChI is InChI=1S/C12H10ClN3O2/c13-10-11(14-6-15-12(10)17)16-8-5-18-9-4-2-1-3-7(8)9/h1-4,6,8H,5H2,(H2,14,15,16,17). The number of aromatic nitrogens is 2. The van der Waals surface area contributed by atoms with Crippen molar-refractivity contribution in [1.29, 1.82) is 0 Å². The Kier molecular flexibility index (Phi) is 2.68. The van der Waals surface area contributed by atoms with Crippen molar-refractivity contribution in [1.82, 2.24) is 9.97 Å². The van der Waals surface area contributed by atoms with E-state index in [0.29, 0.717) is 12.4 Å². The summed E-state index contributed by atoms with van der Waals surface area (Å²) in [6.45, 7) is 0.490. The average Bonchev–Trinajstić information content (AvgIpc) is 2.79. The normalized spacial score (nSPS) is 17.1. The predicted molar refractivity (Wildman–Crippen MR) is 68.2 cm³/mol. The fourth-order valence-electron chi connectivity index (χ4n) is 1.93. The molecule has 3 rings (SSSR count). The SMILES string of the molecule is O=c1[nH]cnc(NC2COc3ccccc32)c1Cl. The largest absolute Gasteiger partial charge is 0.491 e. The van der Waals surface area contributed by atoms with E-state index < -0.39 is 0 Å². The highest BCUT2D eigenvalue weighted by Gasteiger charge is 2.24. The number of halogens is 1. The Labute approximate surface area is 108 Å². The molecule has 0 fully saturated rings. The van der Waals surface area contributed by atoms with Crippen LogP contribution in [0.1, 0.15) is 11.6 Å². The van der Waals surface area contributed by atoms with E-state index in [1.165, 1.54) is 6.33 Å². The Balaban J connectivity index is 1.91. The van der Waals surface area contributed by atoms with Crippen LogP contribution in [0.4, 0.5) is 5.82 Å². The van der Waals surface area contributed by atoms with Gasteiger partial charge in [0.05, 0.1) is 12.4 Å². The monoisotopic (exact) mass is 263 g/mol. The van der Waals surface area contributed by atoms with E-state index in [1.807, 2.05) is 24.3 Å². The maximum atomic E-state index is 11.4. The second-order valence-electron chi connectivity index (χ2n) is 3.94. The van der Waals surface area contributed by atoms with Crippen molar-refractivity contribution in [3.63, 3.8) is 0 Å². The summed E-state index contributed by atoms with van der Waals surface area (Å²) in [6, 6.07) is 7.69. The molecule has 1 aliphatic rings. The van der Waals surface area contributed by atoms with Gasteiger partial charge in [0.2, 0.25) is 0 Å². The molecule has 6 heteroatoms. The molecule has 1 atom stereocenters. The van der Waals surface area contributed by atoms with Crippen LogP contribution in [0.15, 0.2) is 35.4 Å². The number of nitrogens with one attached hydrogen (secondary N) is 2. The number of anilines is 1. The van der Waals surface area contributed by atoms with Crippen LogP contribution < -0.4 is 15.6 Å². The van der Waals surface area contributed by atoms with Gasteiger partial charge < -0.3 is 15.0 Å². The molecule has 2 N–H and O–H groups in total. The lowest BCUT2D eigenvalue weighted by molar-refractivity contribution is 0.339. The topological polar surface area (TPSA) is 67.0 Å². The van der Waals surface area contributed by atoms with Crippen LogP contribution >= 0.6 is 11.6 Å². The lowest BCUT2D eigenvalue weighted by Crippen LogP contribution is -2.17. The van der Waals surface area contributed by atoms with Gasteiger partial charge in [-0.15, -0.1) is 0 Å². The molecule has 18 heavy (non-hydrogen) atoms. The fourth-order valence-corrected chi connectivity index (χ4v) is 2.09. The molecule has 92 valence electrons. The summed E-state index contributed by atoms with van der Waals surface area (Å²) in [6.07, 6.45) is 1.32. The first-order valence-corrected chi connectivity index (χ1v) is 5.85. The summed E-state index contributed by atoms with van der Waals surface area (Å²) in [7, 11) is 0. The van der Waals surface area contributed by atoms with Crippen molar-refractivity contribution in [2.45, 2.75) is 6.04 Å². The van der Waals surface area contributed by atoms with E-state index in [2.05, 4.69) is 15.3 Å². The van der Waals surface area contributed by atoms with Crippen LogP contribution in [-0.4, -0.2) is 16.6 Å². The molecular formula is C12H10ClN3O2. The summed E-state index contributed by atoms with van der Waals surface area (Å²) in [5, 5.41) is 3.18. The minimum Gasteiger partial charge on any atom is -0.491 e. The van der Waals surface area contributed by atoms with Crippen LogP contribution in [-0.2, 0) is 0 Å². The molecule has 0 aliphatic carbocycles. The van der Waals surface area contributed by atoms with Crippen molar-refractivity contribution in [3.8, 4) is 5.75 Å². The van der Waals surface area contributed by atoms with E-state index in [9.17, 15) is 4.79 Å². The van der Waals surface area contributed by atoms with Crippen molar-refractivity contribution in [2.24, 2.45) is 0 Å². The first-order valence-electron chi connectivity index (χ1n) is 5.47. The van der Waals surface area contributed by atoms with Gasteiger partial charge in [0.25, 0.3) is 5.56 Å². The van der Waals surface area contributed by atoms with Gasteiger partial charge >= 0.3 is 0 Å².